The van der Waals surface area contributed by atoms with Gasteiger partial charge >= 0.3 is 0 Å². The van der Waals surface area contributed by atoms with Crippen molar-refractivity contribution < 1.29 is 13.2 Å². The van der Waals surface area contributed by atoms with Gasteiger partial charge in [0.2, 0.25) is 0 Å². The van der Waals surface area contributed by atoms with Crippen molar-refractivity contribution in [2.45, 2.75) is 6.42 Å². The van der Waals surface area contributed by atoms with Crippen LogP contribution in [0.5, 0.6) is 0 Å². The summed E-state index contributed by atoms with van der Waals surface area (Å²) in [5, 5.41) is 7.72. The lowest BCUT2D eigenvalue weighted by molar-refractivity contribution is 0.481. The minimum absolute atomic E-state index is 0.465. The molecule has 6 heteroatoms. The zero-order valence-corrected chi connectivity index (χ0v) is 8.89. The van der Waals surface area contributed by atoms with Gasteiger partial charge in [-0.25, -0.2) is 13.2 Å². The predicted molar refractivity (Wildman–Crippen MR) is 48.3 cm³/mol. The van der Waals surface area contributed by atoms with Crippen molar-refractivity contribution >= 4 is 27.5 Å². The molecule has 0 aromatic heterocycles. The molecule has 0 unspecified atom stereocenters. The van der Waals surface area contributed by atoms with Crippen molar-refractivity contribution in [3.05, 3.63) is 32.5 Å². The average Bonchev–Trinajstić information content (AvgIpc) is 2.19. The van der Waals surface area contributed by atoms with E-state index in [0.717, 1.165) is 0 Å². The largest absolute Gasteiger partial charge is 0.204 e. The molecule has 74 valence electrons. The molecule has 0 saturated carbocycles. The molecule has 0 fully saturated rings. The highest BCUT2D eigenvalue weighted by atomic mass is 79.9. The lowest BCUT2D eigenvalue weighted by Crippen LogP contribution is -2.00. The normalized spacial score (nSPS) is 10.0. The molecule has 1 aromatic rings. The standard InChI is InChI=1S/C8H2BrClF3N/c9-4-7(12)5(10)3(1-2-14)6(11)8(4)13/h1H2. The minimum atomic E-state index is -1.38. The van der Waals surface area contributed by atoms with Gasteiger partial charge in [0.25, 0.3) is 0 Å². The summed E-state index contributed by atoms with van der Waals surface area (Å²) in [5.41, 5.74) is -0.465. The van der Waals surface area contributed by atoms with Crippen LogP contribution in [0.3, 0.4) is 0 Å². The Kier molecular flexibility index (Phi) is 3.40. The summed E-state index contributed by atoms with van der Waals surface area (Å²) >= 11 is 7.90. The molecule has 1 rings (SSSR count). The smallest absolute Gasteiger partial charge is 0.176 e. The first-order valence-electron chi connectivity index (χ1n) is 3.38. The number of nitrogens with zero attached hydrogens (tertiary/aromatic N) is 1. The number of halogens is 5. The molecule has 0 aliphatic carbocycles. The zero-order valence-electron chi connectivity index (χ0n) is 6.54. The Hall–Kier alpha value is -0.730. The van der Waals surface area contributed by atoms with Crippen LogP contribution >= 0.6 is 27.5 Å². The van der Waals surface area contributed by atoms with Gasteiger partial charge in [0.1, 0.15) is 0 Å². The van der Waals surface area contributed by atoms with E-state index in [-0.39, 0.29) is 0 Å². The van der Waals surface area contributed by atoms with Crippen LogP contribution < -0.4 is 0 Å². The van der Waals surface area contributed by atoms with Gasteiger partial charge in [-0.15, -0.1) is 0 Å². The van der Waals surface area contributed by atoms with Gasteiger partial charge in [-0.3, -0.25) is 0 Å². The van der Waals surface area contributed by atoms with Crippen LogP contribution in [-0.4, -0.2) is 0 Å². The highest BCUT2D eigenvalue weighted by molar-refractivity contribution is 9.10. The number of benzene rings is 1. The van der Waals surface area contributed by atoms with E-state index in [9.17, 15) is 13.2 Å². The van der Waals surface area contributed by atoms with E-state index in [0.29, 0.717) is 0 Å². The van der Waals surface area contributed by atoms with Crippen molar-refractivity contribution in [2.24, 2.45) is 0 Å². The highest BCUT2D eigenvalue weighted by Crippen LogP contribution is 2.32. The lowest BCUT2D eigenvalue weighted by atomic mass is 10.1. The van der Waals surface area contributed by atoms with Crippen LogP contribution in [0.2, 0.25) is 5.02 Å². The van der Waals surface area contributed by atoms with Crippen molar-refractivity contribution in [1.82, 2.24) is 0 Å². The van der Waals surface area contributed by atoms with E-state index in [1.165, 1.54) is 0 Å². The monoisotopic (exact) mass is 283 g/mol. The first-order valence-corrected chi connectivity index (χ1v) is 4.55. The van der Waals surface area contributed by atoms with E-state index in [2.05, 4.69) is 15.9 Å². The second-order valence-corrected chi connectivity index (χ2v) is 3.55. The third-order valence-corrected chi connectivity index (χ3v) is 2.65. The lowest BCUT2D eigenvalue weighted by Gasteiger charge is -2.06. The maximum Gasteiger partial charge on any atom is 0.176 e. The van der Waals surface area contributed by atoms with Crippen LogP contribution in [0.15, 0.2) is 4.47 Å². The molecular weight excluding hydrogens is 282 g/mol. The fourth-order valence-corrected chi connectivity index (χ4v) is 1.62. The summed E-state index contributed by atoms with van der Waals surface area (Å²) in [6.07, 6.45) is -0.480. The van der Waals surface area contributed by atoms with E-state index in [4.69, 9.17) is 16.9 Å². The number of hydrogen-bond acceptors (Lipinski definition) is 1. The Morgan fingerprint density at radius 2 is 1.79 bits per heavy atom. The van der Waals surface area contributed by atoms with Gasteiger partial charge in [-0.05, 0) is 15.9 Å². The summed E-state index contributed by atoms with van der Waals surface area (Å²) in [5.74, 6) is -3.78. The van der Waals surface area contributed by atoms with Gasteiger partial charge in [0.05, 0.1) is 22.0 Å². The molecule has 14 heavy (non-hydrogen) atoms. The Morgan fingerprint density at radius 3 is 2.29 bits per heavy atom. The molecule has 0 aliphatic heterocycles. The molecule has 0 amide bonds. The SMILES string of the molecule is N#CCc1c(F)c(F)c(Br)c(F)c1Cl. The van der Waals surface area contributed by atoms with Crippen molar-refractivity contribution in [3.63, 3.8) is 0 Å². The average molecular weight is 284 g/mol. The molecule has 1 aromatic carbocycles. The Balaban J connectivity index is 3.53. The van der Waals surface area contributed by atoms with E-state index < -0.39 is 38.9 Å². The molecule has 0 N–H and O–H groups in total. The molecule has 1 nitrogen and oxygen atoms in total. The van der Waals surface area contributed by atoms with Crippen LogP contribution in [0.1, 0.15) is 5.56 Å². The quantitative estimate of drug-likeness (QED) is 0.571. The minimum Gasteiger partial charge on any atom is -0.204 e. The number of hydrogen-bond donors (Lipinski definition) is 0. The van der Waals surface area contributed by atoms with Gasteiger partial charge < -0.3 is 0 Å². The van der Waals surface area contributed by atoms with Gasteiger partial charge in [-0.2, -0.15) is 5.26 Å². The molecule has 0 atom stereocenters. The van der Waals surface area contributed by atoms with E-state index in [1.807, 2.05) is 0 Å². The summed E-state index contributed by atoms with van der Waals surface area (Å²) in [4.78, 5) is 0. The summed E-state index contributed by atoms with van der Waals surface area (Å²) in [6, 6.07) is 1.57. The first-order chi connectivity index (χ1) is 6.50. The van der Waals surface area contributed by atoms with Crippen LogP contribution in [0.4, 0.5) is 13.2 Å². The van der Waals surface area contributed by atoms with Crippen molar-refractivity contribution in [3.8, 4) is 6.07 Å². The van der Waals surface area contributed by atoms with E-state index in [1.54, 1.807) is 6.07 Å². The molecule has 0 spiro atoms. The first kappa shape index (κ1) is 11.3. The Labute approximate surface area is 91.2 Å². The topological polar surface area (TPSA) is 23.8 Å². The van der Waals surface area contributed by atoms with Crippen LogP contribution in [0.25, 0.3) is 0 Å². The molecule has 0 radical (unpaired) electrons. The summed E-state index contributed by atoms with van der Waals surface area (Å²) in [6.45, 7) is 0. The number of rotatable bonds is 1. The molecule has 0 saturated heterocycles. The molecule has 0 heterocycles. The molecule has 0 bridgehead atoms. The highest BCUT2D eigenvalue weighted by Gasteiger charge is 2.22. The second kappa shape index (κ2) is 4.20. The zero-order chi connectivity index (χ0) is 10.9. The van der Waals surface area contributed by atoms with Crippen molar-refractivity contribution in [2.75, 3.05) is 0 Å². The second-order valence-electron chi connectivity index (χ2n) is 2.38. The van der Waals surface area contributed by atoms with Gasteiger partial charge in [-0.1, -0.05) is 11.6 Å². The molecular formula is C8H2BrClF3N. The fourth-order valence-electron chi connectivity index (χ4n) is 0.885. The molecule has 0 aliphatic rings. The maximum atomic E-state index is 13.1. The van der Waals surface area contributed by atoms with Crippen molar-refractivity contribution in [1.29, 1.82) is 5.26 Å². The van der Waals surface area contributed by atoms with Crippen LogP contribution in [-0.2, 0) is 6.42 Å². The van der Waals surface area contributed by atoms with Gasteiger partial charge in [0, 0.05) is 5.56 Å². The Bertz CT molecular complexity index is 399. The van der Waals surface area contributed by atoms with Crippen LogP contribution in [0, 0.1) is 28.8 Å². The predicted octanol–water partition coefficient (Wildman–Crippen LogP) is 3.59. The van der Waals surface area contributed by atoms with E-state index >= 15 is 0 Å². The summed E-state index contributed by atoms with van der Waals surface area (Å²) in [7, 11) is 0. The summed E-state index contributed by atoms with van der Waals surface area (Å²) < 4.78 is 38.4. The van der Waals surface area contributed by atoms with Gasteiger partial charge in [0.15, 0.2) is 17.5 Å². The number of nitriles is 1. The Morgan fingerprint density at radius 1 is 1.21 bits per heavy atom. The third-order valence-electron chi connectivity index (χ3n) is 1.56. The fraction of sp³-hybridized carbons (Fsp3) is 0.125. The maximum absolute atomic E-state index is 13.1. The third kappa shape index (κ3) is 1.72.